The van der Waals surface area contributed by atoms with Gasteiger partial charge in [0.25, 0.3) is 5.91 Å². The van der Waals surface area contributed by atoms with Crippen LogP contribution < -0.4 is 10.5 Å². The fourth-order valence-electron chi connectivity index (χ4n) is 1.93. The number of nitrogens with two attached hydrogens (primary N) is 1. The van der Waals surface area contributed by atoms with Gasteiger partial charge in [0.2, 0.25) is 0 Å². The number of anilines is 1. The van der Waals surface area contributed by atoms with Crippen molar-refractivity contribution < 1.29 is 9.53 Å². The van der Waals surface area contributed by atoms with E-state index < -0.39 is 0 Å². The van der Waals surface area contributed by atoms with Gasteiger partial charge < -0.3 is 15.4 Å². The van der Waals surface area contributed by atoms with E-state index in [1.807, 2.05) is 19.1 Å². The van der Waals surface area contributed by atoms with Crippen LogP contribution in [0, 0.1) is 0 Å². The van der Waals surface area contributed by atoms with Crippen molar-refractivity contribution in [3.8, 4) is 5.75 Å². The minimum atomic E-state index is -0.0886. The number of halogens is 1. The van der Waals surface area contributed by atoms with E-state index in [2.05, 4.69) is 0 Å². The summed E-state index contributed by atoms with van der Waals surface area (Å²) in [7, 11) is 1.75. The second-order valence-electron chi connectivity index (χ2n) is 4.55. The van der Waals surface area contributed by atoms with E-state index in [4.69, 9.17) is 22.1 Å². The zero-order valence-corrected chi connectivity index (χ0v) is 13.5. The van der Waals surface area contributed by atoms with Gasteiger partial charge in [-0.2, -0.15) is 0 Å². The van der Waals surface area contributed by atoms with E-state index in [0.717, 1.165) is 9.21 Å². The first-order valence-corrected chi connectivity index (χ1v) is 7.72. The van der Waals surface area contributed by atoms with Crippen LogP contribution in [-0.2, 0) is 6.54 Å². The van der Waals surface area contributed by atoms with E-state index in [0.29, 0.717) is 30.2 Å². The van der Waals surface area contributed by atoms with Gasteiger partial charge in [-0.25, -0.2) is 0 Å². The van der Waals surface area contributed by atoms with Crippen molar-refractivity contribution in [2.45, 2.75) is 13.5 Å². The largest absolute Gasteiger partial charge is 0.492 e. The lowest BCUT2D eigenvalue weighted by molar-refractivity contribution is 0.0786. The van der Waals surface area contributed by atoms with Crippen LogP contribution in [0.4, 0.5) is 5.69 Å². The summed E-state index contributed by atoms with van der Waals surface area (Å²) in [5, 5.41) is 0. The number of amides is 1. The lowest BCUT2D eigenvalue weighted by Gasteiger charge is -2.17. The number of carbonyl (C=O) groups excluding carboxylic acids is 1. The number of benzene rings is 1. The smallest absolute Gasteiger partial charge is 0.254 e. The number of thiophene rings is 1. The predicted octanol–water partition coefficient (Wildman–Crippen LogP) is 3.65. The summed E-state index contributed by atoms with van der Waals surface area (Å²) >= 11 is 7.36. The van der Waals surface area contributed by atoms with Gasteiger partial charge in [-0.3, -0.25) is 4.79 Å². The molecule has 1 aromatic carbocycles. The molecule has 0 spiro atoms. The van der Waals surface area contributed by atoms with Gasteiger partial charge in [-0.1, -0.05) is 11.6 Å². The Labute approximate surface area is 133 Å². The molecule has 0 aliphatic heterocycles. The molecule has 1 aromatic heterocycles. The molecule has 0 aliphatic rings. The first-order chi connectivity index (χ1) is 10.0. The molecule has 0 aliphatic carbocycles. The maximum Gasteiger partial charge on any atom is 0.254 e. The highest BCUT2D eigenvalue weighted by molar-refractivity contribution is 7.16. The summed E-state index contributed by atoms with van der Waals surface area (Å²) in [6, 6.07) is 8.84. The van der Waals surface area contributed by atoms with Gasteiger partial charge in [0.15, 0.2) is 0 Å². The number of hydrogen-bond acceptors (Lipinski definition) is 4. The first kappa shape index (κ1) is 15.7. The molecule has 0 saturated carbocycles. The molecular formula is C15H17ClN2O2S. The number of rotatable bonds is 5. The van der Waals surface area contributed by atoms with Crippen molar-refractivity contribution >= 4 is 34.5 Å². The van der Waals surface area contributed by atoms with E-state index >= 15 is 0 Å². The summed E-state index contributed by atoms with van der Waals surface area (Å²) in [6.07, 6.45) is 0. The summed E-state index contributed by atoms with van der Waals surface area (Å²) in [6.45, 7) is 2.94. The second-order valence-corrected chi connectivity index (χ2v) is 6.35. The molecule has 0 radical (unpaired) electrons. The van der Waals surface area contributed by atoms with Crippen molar-refractivity contribution in [1.82, 2.24) is 4.90 Å². The Kier molecular flexibility index (Phi) is 5.09. The molecule has 4 nitrogen and oxygen atoms in total. The molecule has 2 rings (SSSR count). The predicted molar refractivity (Wildman–Crippen MR) is 87.1 cm³/mol. The molecule has 6 heteroatoms. The van der Waals surface area contributed by atoms with Crippen LogP contribution in [0.25, 0.3) is 0 Å². The molecule has 21 heavy (non-hydrogen) atoms. The third kappa shape index (κ3) is 3.89. The molecule has 0 fully saturated rings. The van der Waals surface area contributed by atoms with Crippen molar-refractivity contribution in [3.63, 3.8) is 0 Å². The SMILES string of the molecule is CCOc1ccc(C(=O)N(C)Cc2ccc(Cl)s2)cc1N. The molecule has 2 N–H and O–H groups in total. The highest BCUT2D eigenvalue weighted by Crippen LogP contribution is 2.25. The molecule has 1 amide bonds. The normalized spacial score (nSPS) is 10.4. The number of ether oxygens (including phenoxy) is 1. The summed E-state index contributed by atoms with van der Waals surface area (Å²) in [4.78, 5) is 15.1. The van der Waals surface area contributed by atoms with Crippen LogP contribution in [0.5, 0.6) is 5.75 Å². The topological polar surface area (TPSA) is 55.6 Å². The van der Waals surface area contributed by atoms with Gasteiger partial charge in [-0.05, 0) is 37.3 Å². The monoisotopic (exact) mass is 324 g/mol. The van der Waals surface area contributed by atoms with Gasteiger partial charge in [-0.15, -0.1) is 11.3 Å². The first-order valence-electron chi connectivity index (χ1n) is 6.53. The van der Waals surface area contributed by atoms with Gasteiger partial charge >= 0.3 is 0 Å². The minimum absolute atomic E-state index is 0.0886. The fraction of sp³-hybridized carbons (Fsp3) is 0.267. The average Bonchev–Trinajstić information content (AvgIpc) is 2.85. The average molecular weight is 325 g/mol. The highest BCUT2D eigenvalue weighted by Gasteiger charge is 2.14. The van der Waals surface area contributed by atoms with Crippen LogP contribution in [-0.4, -0.2) is 24.5 Å². The number of nitrogens with zero attached hydrogens (tertiary/aromatic N) is 1. The van der Waals surface area contributed by atoms with E-state index in [9.17, 15) is 4.79 Å². The Balaban J connectivity index is 2.10. The molecule has 0 unspecified atom stereocenters. The van der Waals surface area contributed by atoms with Crippen molar-refractivity contribution in [2.24, 2.45) is 0 Å². The lowest BCUT2D eigenvalue weighted by atomic mass is 10.1. The standard InChI is InChI=1S/C15H17ClN2O2S/c1-3-20-13-6-4-10(8-12(13)17)15(19)18(2)9-11-5-7-14(16)21-11/h4-8H,3,9,17H2,1-2H3. The van der Waals surface area contributed by atoms with Crippen molar-refractivity contribution in [1.29, 1.82) is 0 Å². The Morgan fingerprint density at radius 3 is 2.71 bits per heavy atom. The van der Waals surface area contributed by atoms with Crippen LogP contribution in [0.3, 0.4) is 0 Å². The third-order valence-electron chi connectivity index (χ3n) is 2.93. The number of hydrogen-bond donors (Lipinski definition) is 1. The van der Waals surface area contributed by atoms with Crippen LogP contribution >= 0.6 is 22.9 Å². The zero-order chi connectivity index (χ0) is 15.4. The maximum absolute atomic E-state index is 12.4. The molecule has 0 bridgehead atoms. The molecule has 2 aromatic rings. The number of nitrogen functional groups attached to an aromatic ring is 1. The number of carbonyl (C=O) groups is 1. The van der Waals surface area contributed by atoms with Gasteiger partial charge in [0, 0.05) is 17.5 Å². The second kappa shape index (κ2) is 6.83. The Bertz CT molecular complexity index is 642. The molecule has 0 saturated heterocycles. The van der Waals surface area contributed by atoms with Gasteiger partial charge in [0.05, 0.1) is 23.2 Å². The summed E-state index contributed by atoms with van der Waals surface area (Å²) < 4.78 is 6.09. The molecule has 112 valence electrons. The maximum atomic E-state index is 12.4. The molecular weight excluding hydrogens is 308 g/mol. The van der Waals surface area contributed by atoms with Crippen LogP contribution in [0.1, 0.15) is 22.2 Å². The van der Waals surface area contributed by atoms with Crippen LogP contribution in [0.15, 0.2) is 30.3 Å². The Morgan fingerprint density at radius 2 is 2.14 bits per heavy atom. The highest BCUT2D eigenvalue weighted by atomic mass is 35.5. The van der Waals surface area contributed by atoms with Crippen molar-refractivity contribution in [2.75, 3.05) is 19.4 Å². The molecule has 1 heterocycles. The van der Waals surface area contributed by atoms with E-state index in [-0.39, 0.29) is 5.91 Å². The Morgan fingerprint density at radius 1 is 1.38 bits per heavy atom. The van der Waals surface area contributed by atoms with E-state index in [1.54, 1.807) is 30.1 Å². The Hall–Kier alpha value is -1.72. The zero-order valence-electron chi connectivity index (χ0n) is 11.9. The summed E-state index contributed by atoms with van der Waals surface area (Å²) in [5.41, 5.74) is 6.90. The van der Waals surface area contributed by atoms with E-state index in [1.165, 1.54) is 11.3 Å². The lowest BCUT2D eigenvalue weighted by Crippen LogP contribution is -2.25. The third-order valence-corrected chi connectivity index (χ3v) is 4.14. The minimum Gasteiger partial charge on any atom is -0.492 e. The molecule has 0 atom stereocenters. The van der Waals surface area contributed by atoms with Crippen molar-refractivity contribution in [3.05, 3.63) is 45.1 Å². The van der Waals surface area contributed by atoms with Gasteiger partial charge in [0.1, 0.15) is 5.75 Å². The summed E-state index contributed by atoms with van der Waals surface area (Å²) in [5.74, 6) is 0.510. The van der Waals surface area contributed by atoms with Crippen LogP contribution in [0.2, 0.25) is 4.34 Å². The quantitative estimate of drug-likeness (QED) is 0.854. The fourth-order valence-corrected chi connectivity index (χ4v) is 3.07.